The van der Waals surface area contributed by atoms with Crippen molar-refractivity contribution in [2.75, 3.05) is 25.0 Å². The van der Waals surface area contributed by atoms with E-state index in [2.05, 4.69) is 4.98 Å². The van der Waals surface area contributed by atoms with E-state index in [0.29, 0.717) is 12.1 Å². The summed E-state index contributed by atoms with van der Waals surface area (Å²) in [6.45, 7) is 1.42. The molecule has 1 aliphatic heterocycles. The summed E-state index contributed by atoms with van der Waals surface area (Å²) in [5.74, 6) is 0.787. The van der Waals surface area contributed by atoms with Gasteiger partial charge in [-0.2, -0.15) is 5.26 Å². The standard InChI is InChI=1S/C12H14N4O2/c1-15(12(17)18)10-4-5-16(8-10)11-3-2-9(6-13)7-14-11/h2-3,7,10H,4-5,8H2,1H3,(H,17,18). The Balaban J connectivity index is 2.04. The average Bonchev–Trinajstić information content (AvgIpc) is 2.87. The van der Waals surface area contributed by atoms with Gasteiger partial charge in [0.05, 0.1) is 11.6 Å². The van der Waals surface area contributed by atoms with Gasteiger partial charge in [0, 0.05) is 26.3 Å². The highest BCUT2D eigenvalue weighted by Gasteiger charge is 2.28. The number of amides is 1. The Hall–Kier alpha value is -2.29. The van der Waals surface area contributed by atoms with Gasteiger partial charge in [-0.05, 0) is 18.6 Å². The summed E-state index contributed by atoms with van der Waals surface area (Å²) in [5.41, 5.74) is 0.525. The van der Waals surface area contributed by atoms with Crippen molar-refractivity contribution in [2.24, 2.45) is 0 Å². The highest BCUT2D eigenvalue weighted by Crippen LogP contribution is 2.20. The molecule has 1 aromatic rings. The second-order valence-corrected chi connectivity index (χ2v) is 4.30. The molecule has 2 rings (SSSR count). The first-order valence-corrected chi connectivity index (χ1v) is 5.68. The molecule has 6 nitrogen and oxygen atoms in total. The molecular formula is C12H14N4O2. The Morgan fingerprint density at radius 2 is 2.44 bits per heavy atom. The van der Waals surface area contributed by atoms with E-state index >= 15 is 0 Å². The number of carbonyl (C=O) groups is 1. The highest BCUT2D eigenvalue weighted by atomic mass is 16.4. The van der Waals surface area contributed by atoms with Crippen molar-refractivity contribution >= 4 is 11.9 Å². The summed E-state index contributed by atoms with van der Waals surface area (Å²) in [5, 5.41) is 17.6. The molecule has 18 heavy (non-hydrogen) atoms. The third-order valence-corrected chi connectivity index (χ3v) is 3.21. The molecule has 0 aliphatic carbocycles. The molecule has 1 aromatic heterocycles. The predicted octanol–water partition coefficient (Wildman–Crippen LogP) is 1.14. The minimum absolute atomic E-state index is 0.0000525. The topological polar surface area (TPSA) is 80.5 Å². The van der Waals surface area contributed by atoms with Gasteiger partial charge in [-0.1, -0.05) is 0 Å². The molecule has 0 saturated carbocycles. The zero-order valence-corrected chi connectivity index (χ0v) is 10.1. The fraction of sp³-hybridized carbons (Fsp3) is 0.417. The van der Waals surface area contributed by atoms with Gasteiger partial charge in [0.25, 0.3) is 0 Å². The zero-order valence-electron chi connectivity index (χ0n) is 10.1. The quantitative estimate of drug-likeness (QED) is 0.846. The van der Waals surface area contributed by atoms with Gasteiger partial charge in [-0.3, -0.25) is 0 Å². The first-order chi connectivity index (χ1) is 8.61. The van der Waals surface area contributed by atoms with Crippen molar-refractivity contribution in [3.63, 3.8) is 0 Å². The fourth-order valence-electron chi connectivity index (χ4n) is 2.06. The first-order valence-electron chi connectivity index (χ1n) is 5.68. The molecule has 0 aromatic carbocycles. The van der Waals surface area contributed by atoms with Crippen LogP contribution in [0.15, 0.2) is 18.3 Å². The molecule has 0 spiro atoms. The van der Waals surface area contributed by atoms with Crippen LogP contribution in [0.25, 0.3) is 0 Å². The van der Waals surface area contributed by atoms with Gasteiger partial charge in [-0.25, -0.2) is 9.78 Å². The summed E-state index contributed by atoms with van der Waals surface area (Å²) >= 11 is 0. The average molecular weight is 246 g/mol. The van der Waals surface area contributed by atoms with Crippen molar-refractivity contribution in [1.82, 2.24) is 9.88 Å². The van der Waals surface area contributed by atoms with E-state index in [9.17, 15) is 4.79 Å². The fourth-order valence-corrected chi connectivity index (χ4v) is 2.06. The summed E-state index contributed by atoms with van der Waals surface area (Å²) in [6.07, 6.45) is 1.42. The van der Waals surface area contributed by atoms with Crippen LogP contribution in [0.2, 0.25) is 0 Å². The molecule has 94 valence electrons. The Labute approximate surface area is 105 Å². The lowest BCUT2D eigenvalue weighted by Crippen LogP contribution is -2.38. The van der Waals surface area contributed by atoms with Crippen molar-refractivity contribution in [2.45, 2.75) is 12.5 Å². The number of carboxylic acid groups (broad SMARTS) is 1. The lowest BCUT2D eigenvalue weighted by Gasteiger charge is -2.22. The molecule has 1 fully saturated rings. The number of aromatic nitrogens is 1. The molecule has 1 aliphatic rings. The van der Waals surface area contributed by atoms with Gasteiger partial charge < -0.3 is 14.9 Å². The molecule has 1 amide bonds. The van der Waals surface area contributed by atoms with Gasteiger partial charge >= 0.3 is 6.09 Å². The smallest absolute Gasteiger partial charge is 0.407 e. The minimum Gasteiger partial charge on any atom is -0.465 e. The van der Waals surface area contributed by atoms with Crippen LogP contribution in [0.1, 0.15) is 12.0 Å². The van der Waals surface area contributed by atoms with Crippen LogP contribution in [0.5, 0.6) is 0 Å². The number of anilines is 1. The summed E-state index contributed by atoms with van der Waals surface area (Å²) in [6, 6.07) is 5.53. The first kappa shape index (κ1) is 12.2. The third-order valence-electron chi connectivity index (χ3n) is 3.21. The lowest BCUT2D eigenvalue weighted by atomic mass is 10.2. The van der Waals surface area contributed by atoms with Crippen molar-refractivity contribution in [1.29, 1.82) is 5.26 Å². The third kappa shape index (κ3) is 2.35. The molecule has 1 N–H and O–H groups in total. The molecule has 1 atom stereocenters. The van der Waals surface area contributed by atoms with E-state index in [0.717, 1.165) is 18.8 Å². The van der Waals surface area contributed by atoms with Crippen LogP contribution < -0.4 is 4.90 Å². The Morgan fingerprint density at radius 3 is 3.00 bits per heavy atom. The van der Waals surface area contributed by atoms with Crippen LogP contribution >= 0.6 is 0 Å². The Kier molecular flexibility index (Phi) is 3.33. The number of hydrogen-bond acceptors (Lipinski definition) is 4. The van der Waals surface area contributed by atoms with Crippen molar-refractivity contribution < 1.29 is 9.90 Å². The second kappa shape index (κ2) is 4.92. The maximum atomic E-state index is 10.9. The summed E-state index contributed by atoms with van der Waals surface area (Å²) < 4.78 is 0. The normalized spacial score (nSPS) is 18.4. The predicted molar refractivity (Wildman–Crippen MR) is 65.4 cm³/mol. The van der Waals surface area contributed by atoms with Gasteiger partial charge in [0.2, 0.25) is 0 Å². The molecule has 6 heteroatoms. The van der Waals surface area contributed by atoms with Crippen LogP contribution in [0.3, 0.4) is 0 Å². The molecule has 0 bridgehead atoms. The molecule has 2 heterocycles. The maximum absolute atomic E-state index is 10.9. The largest absolute Gasteiger partial charge is 0.465 e. The van der Waals surface area contributed by atoms with Gasteiger partial charge in [0.15, 0.2) is 0 Å². The van der Waals surface area contributed by atoms with E-state index in [1.807, 2.05) is 11.0 Å². The van der Waals surface area contributed by atoms with Crippen molar-refractivity contribution in [3.8, 4) is 6.07 Å². The van der Waals surface area contributed by atoms with E-state index in [-0.39, 0.29) is 6.04 Å². The van der Waals surface area contributed by atoms with Crippen LogP contribution in [-0.4, -0.2) is 47.3 Å². The molecule has 1 saturated heterocycles. The number of nitrogens with zero attached hydrogens (tertiary/aromatic N) is 4. The summed E-state index contributed by atoms with van der Waals surface area (Å²) in [7, 11) is 1.59. The summed E-state index contributed by atoms with van der Waals surface area (Å²) in [4.78, 5) is 18.4. The van der Waals surface area contributed by atoms with Crippen LogP contribution in [0, 0.1) is 11.3 Å². The molecule has 0 radical (unpaired) electrons. The van der Waals surface area contributed by atoms with Crippen molar-refractivity contribution in [3.05, 3.63) is 23.9 Å². The maximum Gasteiger partial charge on any atom is 0.407 e. The van der Waals surface area contributed by atoms with E-state index in [4.69, 9.17) is 10.4 Å². The highest BCUT2D eigenvalue weighted by molar-refractivity contribution is 5.65. The van der Waals surface area contributed by atoms with Crippen LogP contribution in [-0.2, 0) is 0 Å². The van der Waals surface area contributed by atoms with Gasteiger partial charge in [-0.15, -0.1) is 0 Å². The Morgan fingerprint density at radius 1 is 1.67 bits per heavy atom. The number of rotatable bonds is 2. The number of nitriles is 1. The van der Waals surface area contributed by atoms with Crippen LogP contribution in [0.4, 0.5) is 10.6 Å². The monoisotopic (exact) mass is 246 g/mol. The Bertz CT molecular complexity index is 480. The SMILES string of the molecule is CN(C(=O)O)C1CCN(c2ccc(C#N)cn2)C1. The van der Waals surface area contributed by atoms with E-state index < -0.39 is 6.09 Å². The number of pyridine rings is 1. The van der Waals surface area contributed by atoms with E-state index in [1.54, 1.807) is 19.2 Å². The number of hydrogen-bond donors (Lipinski definition) is 1. The number of likely N-dealkylation sites (N-methyl/N-ethyl adjacent to an activating group) is 1. The second-order valence-electron chi connectivity index (χ2n) is 4.30. The minimum atomic E-state index is -0.908. The lowest BCUT2D eigenvalue weighted by molar-refractivity contribution is 0.142. The molecule has 1 unspecified atom stereocenters. The molecular weight excluding hydrogens is 232 g/mol. The van der Waals surface area contributed by atoms with E-state index in [1.165, 1.54) is 11.1 Å². The zero-order chi connectivity index (χ0) is 13.1. The van der Waals surface area contributed by atoms with Gasteiger partial charge in [0.1, 0.15) is 11.9 Å².